The van der Waals surface area contributed by atoms with E-state index < -0.39 is 11.9 Å². The molecule has 0 radical (unpaired) electrons. The molecule has 0 aliphatic carbocycles. The van der Waals surface area contributed by atoms with Crippen molar-refractivity contribution in [2.75, 3.05) is 6.61 Å². The molecule has 1 rings (SSSR count). The first kappa shape index (κ1) is 12.0. The van der Waals surface area contributed by atoms with Gasteiger partial charge in [-0.05, 0) is 19.1 Å². The number of carbonyl (C=O) groups is 2. The molecule has 0 unspecified atom stereocenters. The van der Waals surface area contributed by atoms with Crippen LogP contribution < -0.4 is 10.3 Å². The fraction of sp³-hybridized carbons (Fsp3) is 0.273. The first-order valence-electron chi connectivity index (χ1n) is 4.88. The maximum Gasteiger partial charge on any atom is 0.315 e. The topological polar surface area (TPSA) is 64.6 Å². The van der Waals surface area contributed by atoms with E-state index in [2.05, 4.69) is 10.2 Å². The zero-order valence-corrected chi connectivity index (χ0v) is 8.93. The van der Waals surface area contributed by atoms with Gasteiger partial charge in [0.25, 0.3) is 5.91 Å². The highest BCUT2D eigenvalue weighted by atomic mass is 16.7. The Hall–Kier alpha value is -2.04. The van der Waals surface area contributed by atoms with Crippen molar-refractivity contribution in [3.63, 3.8) is 0 Å². The molecule has 86 valence electrons. The first-order valence-corrected chi connectivity index (χ1v) is 4.88. The van der Waals surface area contributed by atoms with E-state index in [1.807, 2.05) is 6.07 Å². The Morgan fingerprint density at radius 1 is 1.25 bits per heavy atom. The number of rotatable bonds is 5. The lowest BCUT2D eigenvalue weighted by Gasteiger charge is -2.06. The molecule has 0 bridgehead atoms. The summed E-state index contributed by atoms with van der Waals surface area (Å²) >= 11 is 0. The van der Waals surface area contributed by atoms with Gasteiger partial charge in [-0.25, -0.2) is 0 Å². The Labute approximate surface area is 93.3 Å². The molecule has 0 aliphatic rings. The highest BCUT2D eigenvalue weighted by Crippen LogP contribution is 2.06. The van der Waals surface area contributed by atoms with Gasteiger partial charge in [0, 0.05) is 0 Å². The molecular weight excluding hydrogens is 210 g/mol. The van der Waals surface area contributed by atoms with Crippen molar-refractivity contribution in [3.8, 4) is 5.75 Å². The zero-order chi connectivity index (χ0) is 11.8. The smallest absolute Gasteiger partial charge is 0.315 e. The van der Waals surface area contributed by atoms with Crippen molar-refractivity contribution in [2.24, 2.45) is 0 Å². The van der Waals surface area contributed by atoms with E-state index in [0.29, 0.717) is 5.75 Å². The van der Waals surface area contributed by atoms with Crippen molar-refractivity contribution in [3.05, 3.63) is 30.3 Å². The van der Waals surface area contributed by atoms with Crippen LogP contribution in [0.4, 0.5) is 0 Å². The highest BCUT2D eigenvalue weighted by Gasteiger charge is 2.10. The number of nitrogens with one attached hydrogen (secondary N) is 1. The van der Waals surface area contributed by atoms with Gasteiger partial charge in [-0.15, -0.1) is 0 Å². The van der Waals surface area contributed by atoms with Gasteiger partial charge in [-0.1, -0.05) is 18.2 Å². The van der Waals surface area contributed by atoms with E-state index in [1.54, 1.807) is 31.2 Å². The summed E-state index contributed by atoms with van der Waals surface area (Å²) in [6.07, 6.45) is -0.347. The SMILES string of the molecule is CCOC(=O)CC(=O)NOc1ccccc1. The van der Waals surface area contributed by atoms with Crippen molar-refractivity contribution in [1.82, 2.24) is 5.48 Å². The summed E-state index contributed by atoms with van der Waals surface area (Å²) in [5.74, 6) is -0.612. The number of hydroxylamine groups is 1. The minimum absolute atomic E-state index is 0.256. The lowest BCUT2D eigenvalue weighted by Crippen LogP contribution is -2.29. The number of benzene rings is 1. The van der Waals surface area contributed by atoms with Crippen LogP contribution in [0.5, 0.6) is 5.75 Å². The molecule has 1 N–H and O–H groups in total. The summed E-state index contributed by atoms with van der Waals surface area (Å²) < 4.78 is 4.61. The quantitative estimate of drug-likeness (QED) is 0.460. The number of carbonyl (C=O) groups excluding carboxylic acids is 2. The average molecular weight is 223 g/mol. The molecule has 1 aromatic rings. The van der Waals surface area contributed by atoms with E-state index in [0.717, 1.165) is 0 Å². The Balaban J connectivity index is 2.28. The summed E-state index contributed by atoms with van der Waals surface area (Å²) in [4.78, 5) is 27.0. The van der Waals surface area contributed by atoms with Crippen LogP contribution in [-0.4, -0.2) is 18.5 Å². The number of para-hydroxylation sites is 1. The molecule has 0 aromatic heterocycles. The van der Waals surface area contributed by atoms with Gasteiger partial charge >= 0.3 is 5.97 Å². The second kappa shape index (κ2) is 6.44. The summed E-state index contributed by atoms with van der Waals surface area (Å²) in [7, 11) is 0. The van der Waals surface area contributed by atoms with Gasteiger partial charge in [0.15, 0.2) is 5.75 Å². The molecule has 0 saturated heterocycles. The maximum atomic E-state index is 11.2. The third-order valence-corrected chi connectivity index (χ3v) is 1.64. The molecule has 0 aliphatic heterocycles. The molecule has 0 saturated carbocycles. The number of esters is 1. The van der Waals surface area contributed by atoms with Gasteiger partial charge < -0.3 is 9.57 Å². The number of hydrogen-bond donors (Lipinski definition) is 1. The first-order chi connectivity index (χ1) is 7.72. The molecule has 1 aromatic carbocycles. The zero-order valence-electron chi connectivity index (χ0n) is 8.93. The van der Waals surface area contributed by atoms with E-state index in [9.17, 15) is 9.59 Å². The third kappa shape index (κ3) is 4.45. The van der Waals surface area contributed by atoms with Crippen molar-refractivity contribution < 1.29 is 19.2 Å². The van der Waals surface area contributed by atoms with Crippen LogP contribution in [0, 0.1) is 0 Å². The summed E-state index contributed by atoms with van der Waals surface area (Å²) in [5.41, 5.74) is 2.15. The molecule has 1 amide bonds. The largest absolute Gasteiger partial charge is 0.466 e. The Kier molecular flexibility index (Phi) is 4.85. The van der Waals surface area contributed by atoms with Crippen LogP contribution in [0.3, 0.4) is 0 Å². The lowest BCUT2D eigenvalue weighted by molar-refractivity contribution is -0.147. The van der Waals surface area contributed by atoms with Gasteiger partial charge in [0.1, 0.15) is 6.42 Å². The normalized spacial score (nSPS) is 9.31. The highest BCUT2D eigenvalue weighted by molar-refractivity contribution is 5.93. The van der Waals surface area contributed by atoms with Crippen LogP contribution >= 0.6 is 0 Å². The lowest BCUT2D eigenvalue weighted by atomic mass is 10.3. The number of hydrogen-bond acceptors (Lipinski definition) is 4. The fourth-order valence-electron chi connectivity index (χ4n) is 0.984. The predicted molar refractivity (Wildman–Crippen MR) is 56.5 cm³/mol. The Morgan fingerprint density at radius 2 is 1.94 bits per heavy atom. The van der Waals surface area contributed by atoms with Crippen molar-refractivity contribution >= 4 is 11.9 Å². The summed E-state index contributed by atoms with van der Waals surface area (Å²) in [6.45, 7) is 1.93. The van der Waals surface area contributed by atoms with E-state index >= 15 is 0 Å². The molecule has 16 heavy (non-hydrogen) atoms. The van der Waals surface area contributed by atoms with Crippen LogP contribution in [0.1, 0.15) is 13.3 Å². The molecule has 0 atom stereocenters. The van der Waals surface area contributed by atoms with Gasteiger partial charge in [0.05, 0.1) is 6.61 Å². The van der Waals surface area contributed by atoms with Gasteiger partial charge in [0.2, 0.25) is 0 Å². The second-order valence-corrected chi connectivity index (χ2v) is 2.92. The van der Waals surface area contributed by atoms with Gasteiger partial charge in [-0.2, -0.15) is 5.48 Å². The van der Waals surface area contributed by atoms with Crippen LogP contribution in [-0.2, 0) is 14.3 Å². The molecule has 5 nitrogen and oxygen atoms in total. The van der Waals surface area contributed by atoms with Crippen LogP contribution in [0.25, 0.3) is 0 Å². The van der Waals surface area contributed by atoms with Crippen molar-refractivity contribution in [1.29, 1.82) is 0 Å². The standard InChI is InChI=1S/C11H13NO4/c1-2-15-11(14)8-10(13)12-16-9-6-4-3-5-7-9/h3-7H,2,8H2,1H3,(H,12,13). The fourth-order valence-corrected chi connectivity index (χ4v) is 0.984. The molecule has 0 heterocycles. The molecule has 0 spiro atoms. The number of amides is 1. The average Bonchev–Trinajstić information content (AvgIpc) is 2.28. The molecular formula is C11H13NO4. The van der Waals surface area contributed by atoms with Crippen molar-refractivity contribution in [2.45, 2.75) is 13.3 Å². The third-order valence-electron chi connectivity index (χ3n) is 1.64. The molecule has 0 fully saturated rings. The van der Waals surface area contributed by atoms with E-state index in [4.69, 9.17) is 4.84 Å². The summed E-state index contributed by atoms with van der Waals surface area (Å²) in [6, 6.07) is 8.74. The number of ether oxygens (including phenoxy) is 1. The second-order valence-electron chi connectivity index (χ2n) is 2.92. The minimum atomic E-state index is -0.573. The maximum absolute atomic E-state index is 11.2. The Morgan fingerprint density at radius 3 is 2.56 bits per heavy atom. The Bertz CT molecular complexity index is 350. The van der Waals surface area contributed by atoms with E-state index in [-0.39, 0.29) is 13.0 Å². The van der Waals surface area contributed by atoms with Crippen LogP contribution in [0.2, 0.25) is 0 Å². The predicted octanol–water partition coefficient (Wildman–Crippen LogP) is 1.05. The minimum Gasteiger partial charge on any atom is -0.466 e. The van der Waals surface area contributed by atoms with E-state index in [1.165, 1.54) is 0 Å². The van der Waals surface area contributed by atoms with Crippen LogP contribution in [0.15, 0.2) is 30.3 Å². The monoisotopic (exact) mass is 223 g/mol. The van der Waals surface area contributed by atoms with Gasteiger partial charge in [-0.3, -0.25) is 9.59 Å². The molecule has 5 heteroatoms. The summed E-state index contributed by atoms with van der Waals surface area (Å²) in [5, 5.41) is 0.